The first kappa shape index (κ1) is 14.7. The van der Waals surface area contributed by atoms with E-state index < -0.39 is 0 Å². The third kappa shape index (κ3) is 3.88. The Bertz CT molecular complexity index is 536. The molecule has 2 aromatic rings. The fourth-order valence-electron chi connectivity index (χ4n) is 2.00. The fourth-order valence-corrected chi connectivity index (χ4v) is 3.30. The lowest BCUT2D eigenvalue weighted by molar-refractivity contribution is 0.391. The van der Waals surface area contributed by atoms with Crippen LogP contribution in [0.15, 0.2) is 34.1 Å². The Morgan fingerprint density at radius 2 is 2.16 bits per heavy atom. The second kappa shape index (κ2) is 6.64. The number of aromatic nitrogens is 1. The first-order valence-electron chi connectivity index (χ1n) is 6.50. The van der Waals surface area contributed by atoms with Crippen LogP contribution >= 0.6 is 27.3 Å². The molecule has 19 heavy (non-hydrogen) atoms. The van der Waals surface area contributed by atoms with Crippen molar-refractivity contribution in [2.24, 2.45) is 17.6 Å². The summed E-state index contributed by atoms with van der Waals surface area (Å²) < 4.78 is 1.08. The molecule has 0 aliphatic rings. The number of halogens is 1. The van der Waals surface area contributed by atoms with Gasteiger partial charge in [-0.3, -0.25) is 0 Å². The predicted octanol–water partition coefficient (Wildman–Crippen LogP) is 4.35. The molecule has 2 N–H and O–H groups in total. The molecule has 1 heterocycles. The Balaban J connectivity index is 2.15. The molecule has 0 radical (unpaired) electrons. The maximum atomic E-state index is 5.83. The minimum atomic E-state index is 0.515. The van der Waals surface area contributed by atoms with Crippen molar-refractivity contribution in [3.8, 4) is 11.3 Å². The molecule has 1 aromatic heterocycles. The summed E-state index contributed by atoms with van der Waals surface area (Å²) >= 11 is 5.23. The van der Waals surface area contributed by atoms with E-state index in [2.05, 4.69) is 47.3 Å². The van der Waals surface area contributed by atoms with Crippen molar-refractivity contribution in [2.45, 2.75) is 20.3 Å². The van der Waals surface area contributed by atoms with Gasteiger partial charge in [0.1, 0.15) is 0 Å². The highest BCUT2D eigenvalue weighted by Gasteiger charge is 2.14. The molecule has 4 heteroatoms. The molecular weight excluding hydrogens is 320 g/mol. The summed E-state index contributed by atoms with van der Waals surface area (Å²) in [5.41, 5.74) is 8.04. The third-order valence-corrected chi connectivity index (χ3v) is 4.72. The quantitative estimate of drug-likeness (QED) is 0.880. The zero-order chi connectivity index (χ0) is 13.8. The predicted molar refractivity (Wildman–Crippen MR) is 86.3 cm³/mol. The van der Waals surface area contributed by atoms with Crippen LogP contribution in [0, 0.1) is 11.8 Å². The number of nitrogens with zero attached hydrogens (tertiary/aromatic N) is 1. The third-order valence-electron chi connectivity index (χ3n) is 3.35. The van der Waals surface area contributed by atoms with Crippen molar-refractivity contribution >= 4 is 27.3 Å². The number of hydrogen-bond donors (Lipinski definition) is 1. The van der Waals surface area contributed by atoms with Crippen LogP contribution in [0.4, 0.5) is 0 Å². The lowest BCUT2D eigenvalue weighted by atomic mass is 9.93. The van der Waals surface area contributed by atoms with Gasteiger partial charge in [-0.15, -0.1) is 11.3 Å². The molecule has 0 saturated heterocycles. The van der Waals surface area contributed by atoms with Crippen molar-refractivity contribution in [1.29, 1.82) is 0 Å². The number of benzene rings is 1. The summed E-state index contributed by atoms with van der Waals surface area (Å²) in [6.45, 7) is 5.17. The molecule has 1 unspecified atom stereocenters. The zero-order valence-corrected chi connectivity index (χ0v) is 13.7. The molecule has 0 amide bonds. The van der Waals surface area contributed by atoms with Crippen LogP contribution in [-0.2, 0) is 6.42 Å². The van der Waals surface area contributed by atoms with Gasteiger partial charge in [-0.1, -0.05) is 41.9 Å². The summed E-state index contributed by atoms with van der Waals surface area (Å²) in [5, 5.41) is 3.31. The first-order valence-corrected chi connectivity index (χ1v) is 8.18. The number of hydrogen-bond acceptors (Lipinski definition) is 3. The van der Waals surface area contributed by atoms with E-state index in [4.69, 9.17) is 10.7 Å². The van der Waals surface area contributed by atoms with Gasteiger partial charge in [-0.2, -0.15) is 0 Å². The smallest absolute Gasteiger partial charge is 0.0935 e. The van der Waals surface area contributed by atoms with Crippen LogP contribution in [0.1, 0.15) is 18.9 Å². The highest BCUT2D eigenvalue weighted by molar-refractivity contribution is 9.10. The topological polar surface area (TPSA) is 38.9 Å². The minimum absolute atomic E-state index is 0.515. The van der Waals surface area contributed by atoms with E-state index in [1.54, 1.807) is 11.3 Å². The average Bonchev–Trinajstić information content (AvgIpc) is 2.84. The lowest BCUT2D eigenvalue weighted by Gasteiger charge is -2.16. The maximum absolute atomic E-state index is 5.83. The molecule has 1 atom stereocenters. The van der Waals surface area contributed by atoms with Crippen molar-refractivity contribution in [1.82, 2.24) is 4.98 Å². The second-order valence-electron chi connectivity index (χ2n) is 5.08. The highest BCUT2D eigenvalue weighted by Crippen LogP contribution is 2.26. The zero-order valence-electron chi connectivity index (χ0n) is 11.3. The van der Waals surface area contributed by atoms with E-state index in [-0.39, 0.29) is 0 Å². The molecule has 1 aromatic carbocycles. The Morgan fingerprint density at radius 1 is 1.37 bits per heavy atom. The van der Waals surface area contributed by atoms with E-state index >= 15 is 0 Å². The monoisotopic (exact) mass is 338 g/mol. The molecule has 0 saturated carbocycles. The largest absolute Gasteiger partial charge is 0.330 e. The Labute approximate surface area is 127 Å². The molecule has 0 aliphatic carbocycles. The van der Waals surface area contributed by atoms with Crippen LogP contribution < -0.4 is 5.73 Å². The second-order valence-corrected chi connectivity index (χ2v) is 6.94. The van der Waals surface area contributed by atoms with E-state index in [1.165, 1.54) is 5.01 Å². The Kier molecular flexibility index (Phi) is 5.13. The fraction of sp³-hybridized carbons (Fsp3) is 0.400. The van der Waals surface area contributed by atoms with Gasteiger partial charge in [-0.25, -0.2) is 4.98 Å². The van der Waals surface area contributed by atoms with E-state index in [9.17, 15) is 0 Å². The maximum Gasteiger partial charge on any atom is 0.0935 e. The molecule has 0 spiro atoms. The summed E-state index contributed by atoms with van der Waals surface area (Å²) in [7, 11) is 0. The molecular formula is C15H19BrN2S. The van der Waals surface area contributed by atoms with Gasteiger partial charge in [-0.05, 0) is 30.5 Å². The van der Waals surface area contributed by atoms with Gasteiger partial charge in [0.2, 0.25) is 0 Å². The summed E-state index contributed by atoms with van der Waals surface area (Å²) in [6.07, 6.45) is 0.979. The van der Waals surface area contributed by atoms with Gasteiger partial charge in [0, 0.05) is 21.8 Å². The lowest BCUT2D eigenvalue weighted by Crippen LogP contribution is -2.22. The first-order chi connectivity index (χ1) is 9.10. The molecule has 2 nitrogen and oxygen atoms in total. The standard InChI is InChI=1S/C15H19BrN2S/c1-10(2)12(8-17)7-15-18-14(9-19-15)11-4-3-5-13(16)6-11/h3-6,9-10,12H,7-8,17H2,1-2H3. The van der Waals surface area contributed by atoms with E-state index in [1.807, 2.05) is 12.1 Å². The van der Waals surface area contributed by atoms with Crippen molar-refractivity contribution in [3.05, 3.63) is 39.1 Å². The SMILES string of the molecule is CC(C)C(CN)Cc1nc(-c2cccc(Br)c2)cs1. The van der Waals surface area contributed by atoms with Gasteiger partial charge < -0.3 is 5.73 Å². The molecule has 0 bridgehead atoms. The number of nitrogens with two attached hydrogens (primary N) is 1. The van der Waals surface area contributed by atoms with Crippen LogP contribution in [0.5, 0.6) is 0 Å². The van der Waals surface area contributed by atoms with Crippen molar-refractivity contribution in [2.75, 3.05) is 6.54 Å². The Morgan fingerprint density at radius 3 is 2.79 bits per heavy atom. The van der Waals surface area contributed by atoms with Gasteiger partial charge in [0.15, 0.2) is 0 Å². The van der Waals surface area contributed by atoms with Crippen LogP contribution in [0.2, 0.25) is 0 Å². The average molecular weight is 339 g/mol. The minimum Gasteiger partial charge on any atom is -0.330 e. The molecule has 102 valence electrons. The van der Waals surface area contributed by atoms with E-state index in [0.717, 1.165) is 28.7 Å². The normalized spacial score (nSPS) is 12.9. The van der Waals surface area contributed by atoms with Crippen molar-refractivity contribution < 1.29 is 0 Å². The Hall–Kier alpha value is -0.710. The van der Waals surface area contributed by atoms with E-state index in [0.29, 0.717) is 11.8 Å². The van der Waals surface area contributed by atoms with Crippen LogP contribution in [-0.4, -0.2) is 11.5 Å². The van der Waals surface area contributed by atoms with Gasteiger partial charge in [0.25, 0.3) is 0 Å². The number of rotatable bonds is 5. The molecule has 0 aliphatic heterocycles. The summed E-state index contributed by atoms with van der Waals surface area (Å²) in [6, 6.07) is 8.25. The summed E-state index contributed by atoms with van der Waals surface area (Å²) in [5.74, 6) is 1.12. The van der Waals surface area contributed by atoms with Gasteiger partial charge >= 0.3 is 0 Å². The van der Waals surface area contributed by atoms with Crippen molar-refractivity contribution in [3.63, 3.8) is 0 Å². The highest BCUT2D eigenvalue weighted by atomic mass is 79.9. The summed E-state index contributed by atoms with van der Waals surface area (Å²) in [4.78, 5) is 4.73. The molecule has 2 rings (SSSR count). The van der Waals surface area contributed by atoms with Crippen LogP contribution in [0.25, 0.3) is 11.3 Å². The molecule has 0 fully saturated rings. The van der Waals surface area contributed by atoms with Crippen LogP contribution in [0.3, 0.4) is 0 Å². The number of thiazole rings is 1. The van der Waals surface area contributed by atoms with Gasteiger partial charge in [0.05, 0.1) is 10.7 Å².